The van der Waals surface area contributed by atoms with E-state index in [1.165, 1.54) is 12.0 Å². The van der Waals surface area contributed by atoms with Gasteiger partial charge < -0.3 is 4.74 Å². The van der Waals surface area contributed by atoms with Crippen LogP contribution in [-0.4, -0.2) is 28.8 Å². The smallest absolute Gasteiger partial charge is 0.306 e. The summed E-state index contributed by atoms with van der Waals surface area (Å²) >= 11 is 3.42. The van der Waals surface area contributed by atoms with Crippen LogP contribution in [0.4, 0.5) is 0 Å². The minimum absolute atomic E-state index is 0.109. The van der Waals surface area contributed by atoms with Gasteiger partial charge in [-0.15, -0.1) is 23.1 Å². The van der Waals surface area contributed by atoms with Crippen LogP contribution >= 0.6 is 23.1 Å². The average molecular weight is 308 g/mol. The first-order valence-corrected chi connectivity index (χ1v) is 8.33. The number of hydrogen-bond acceptors (Lipinski definition) is 6. The average Bonchev–Trinajstić information content (AvgIpc) is 3.08. The Morgan fingerprint density at radius 2 is 2.30 bits per heavy atom. The van der Waals surface area contributed by atoms with Gasteiger partial charge in [0.1, 0.15) is 16.2 Å². The maximum absolute atomic E-state index is 11.4. The summed E-state index contributed by atoms with van der Waals surface area (Å²) in [6.45, 7) is 2.08. The number of rotatable bonds is 5. The van der Waals surface area contributed by atoms with Gasteiger partial charge in [0.25, 0.3) is 0 Å². The van der Waals surface area contributed by atoms with Gasteiger partial charge in [0.2, 0.25) is 0 Å². The van der Waals surface area contributed by atoms with Crippen molar-refractivity contribution in [2.45, 2.75) is 31.2 Å². The molecule has 20 heavy (non-hydrogen) atoms. The Kier molecular flexibility index (Phi) is 3.69. The molecule has 0 atom stereocenters. The third-order valence-electron chi connectivity index (χ3n) is 3.64. The van der Waals surface area contributed by atoms with Crippen LogP contribution in [0.5, 0.6) is 0 Å². The van der Waals surface area contributed by atoms with Crippen molar-refractivity contribution in [3.05, 3.63) is 17.3 Å². The molecule has 3 rings (SSSR count). The third-order valence-corrected chi connectivity index (χ3v) is 5.95. The molecule has 0 amide bonds. The first-order chi connectivity index (χ1) is 9.62. The Labute approximate surface area is 126 Å². The summed E-state index contributed by atoms with van der Waals surface area (Å²) in [6.07, 6.45) is 4.35. The maximum atomic E-state index is 11.4. The number of carbonyl (C=O) groups excluding carboxylic acids is 1. The Bertz CT molecular complexity index is 650. The molecule has 1 saturated carbocycles. The molecule has 106 valence electrons. The number of thioether (sulfide) groups is 1. The topological polar surface area (TPSA) is 52.1 Å². The van der Waals surface area contributed by atoms with Gasteiger partial charge in [0.15, 0.2) is 0 Å². The van der Waals surface area contributed by atoms with Crippen molar-refractivity contribution in [3.63, 3.8) is 0 Å². The zero-order chi connectivity index (χ0) is 14.2. The van der Waals surface area contributed by atoms with E-state index in [4.69, 9.17) is 4.74 Å². The number of methoxy groups -OCH3 is 1. The summed E-state index contributed by atoms with van der Waals surface area (Å²) in [5, 5.41) is 2.16. The molecule has 2 heterocycles. The second-order valence-electron chi connectivity index (χ2n) is 5.30. The van der Waals surface area contributed by atoms with Crippen LogP contribution in [-0.2, 0) is 9.53 Å². The molecular weight excluding hydrogens is 292 g/mol. The van der Waals surface area contributed by atoms with Crippen LogP contribution in [0.1, 0.15) is 24.1 Å². The van der Waals surface area contributed by atoms with Gasteiger partial charge in [-0.05, 0) is 31.2 Å². The number of esters is 1. The predicted molar refractivity (Wildman–Crippen MR) is 81.2 cm³/mol. The van der Waals surface area contributed by atoms with Crippen LogP contribution in [0.2, 0.25) is 0 Å². The molecule has 0 spiro atoms. The van der Waals surface area contributed by atoms with E-state index in [-0.39, 0.29) is 11.4 Å². The standard InChI is InChI=1S/C14H16N2O2S2/c1-9-5-10-12(15-8-16-13(10)20-9)19-7-14(3-4-14)6-11(17)18-2/h5,8H,3-4,6-7H2,1-2H3. The predicted octanol–water partition coefficient (Wildman–Crippen LogP) is 3.44. The molecule has 2 aromatic heterocycles. The van der Waals surface area contributed by atoms with Crippen molar-refractivity contribution >= 4 is 39.3 Å². The van der Waals surface area contributed by atoms with E-state index >= 15 is 0 Å². The van der Waals surface area contributed by atoms with Gasteiger partial charge in [-0.25, -0.2) is 9.97 Å². The molecule has 0 bridgehead atoms. The van der Waals surface area contributed by atoms with Gasteiger partial charge in [-0.3, -0.25) is 4.79 Å². The number of nitrogens with zero attached hydrogens (tertiary/aromatic N) is 2. The lowest BCUT2D eigenvalue weighted by atomic mass is 10.1. The molecule has 1 aliphatic carbocycles. The fourth-order valence-corrected chi connectivity index (χ4v) is 4.40. The number of aryl methyl sites for hydroxylation is 1. The van der Waals surface area contributed by atoms with Gasteiger partial charge in [0.05, 0.1) is 13.5 Å². The summed E-state index contributed by atoms with van der Waals surface area (Å²) in [4.78, 5) is 22.4. The lowest BCUT2D eigenvalue weighted by molar-refractivity contribution is -0.141. The molecule has 1 fully saturated rings. The number of thiophene rings is 1. The molecule has 0 N–H and O–H groups in total. The Morgan fingerprint density at radius 3 is 3.00 bits per heavy atom. The second-order valence-corrected chi connectivity index (χ2v) is 7.50. The van der Waals surface area contributed by atoms with Gasteiger partial charge in [0, 0.05) is 16.0 Å². The minimum Gasteiger partial charge on any atom is -0.469 e. The normalized spacial score (nSPS) is 16.3. The highest BCUT2D eigenvalue weighted by atomic mass is 32.2. The highest BCUT2D eigenvalue weighted by molar-refractivity contribution is 7.99. The van der Waals surface area contributed by atoms with Crippen LogP contribution in [0, 0.1) is 12.3 Å². The van der Waals surface area contributed by atoms with Crippen molar-refractivity contribution in [3.8, 4) is 0 Å². The maximum Gasteiger partial charge on any atom is 0.306 e. The zero-order valence-electron chi connectivity index (χ0n) is 11.5. The SMILES string of the molecule is COC(=O)CC1(CSc2ncnc3sc(C)cc23)CC1. The molecule has 0 unspecified atom stereocenters. The van der Waals surface area contributed by atoms with E-state index in [0.717, 1.165) is 33.8 Å². The lowest BCUT2D eigenvalue weighted by Gasteiger charge is -2.12. The monoisotopic (exact) mass is 308 g/mol. The first kappa shape index (κ1) is 13.8. The van der Waals surface area contributed by atoms with Gasteiger partial charge >= 0.3 is 5.97 Å². The van der Waals surface area contributed by atoms with Crippen LogP contribution in [0.25, 0.3) is 10.2 Å². The van der Waals surface area contributed by atoms with E-state index in [1.54, 1.807) is 29.4 Å². The Balaban J connectivity index is 1.73. The first-order valence-electron chi connectivity index (χ1n) is 6.53. The molecule has 0 aliphatic heterocycles. The van der Waals surface area contributed by atoms with Gasteiger partial charge in [-0.2, -0.15) is 0 Å². The molecule has 0 aromatic carbocycles. The molecule has 0 saturated heterocycles. The third kappa shape index (κ3) is 2.81. The minimum atomic E-state index is -0.109. The zero-order valence-corrected chi connectivity index (χ0v) is 13.1. The van der Waals surface area contributed by atoms with E-state index in [2.05, 4.69) is 23.0 Å². The molecule has 6 heteroatoms. The van der Waals surface area contributed by atoms with E-state index in [0.29, 0.717) is 6.42 Å². The summed E-state index contributed by atoms with van der Waals surface area (Å²) in [5.41, 5.74) is 0.125. The fraction of sp³-hybridized carbons (Fsp3) is 0.500. The molecule has 0 radical (unpaired) electrons. The fourth-order valence-electron chi connectivity index (χ4n) is 2.22. The summed E-state index contributed by atoms with van der Waals surface area (Å²) in [7, 11) is 1.45. The van der Waals surface area contributed by atoms with Crippen molar-refractivity contribution in [2.24, 2.45) is 5.41 Å². The second kappa shape index (κ2) is 5.33. The number of fused-ring (bicyclic) bond motifs is 1. The summed E-state index contributed by atoms with van der Waals surface area (Å²) < 4.78 is 4.78. The van der Waals surface area contributed by atoms with Crippen LogP contribution in [0.3, 0.4) is 0 Å². The van der Waals surface area contributed by atoms with Gasteiger partial charge in [-0.1, -0.05) is 0 Å². The summed E-state index contributed by atoms with van der Waals surface area (Å²) in [5.74, 6) is 0.811. The number of aromatic nitrogens is 2. The quantitative estimate of drug-likeness (QED) is 0.481. The Hall–Kier alpha value is -1.14. The number of carbonyl (C=O) groups is 1. The highest BCUT2D eigenvalue weighted by Gasteiger charge is 2.44. The molecule has 1 aliphatic rings. The molecule has 2 aromatic rings. The lowest BCUT2D eigenvalue weighted by Crippen LogP contribution is -2.13. The van der Waals surface area contributed by atoms with Crippen LogP contribution < -0.4 is 0 Å². The Morgan fingerprint density at radius 1 is 1.50 bits per heavy atom. The van der Waals surface area contributed by atoms with Crippen molar-refractivity contribution in [1.82, 2.24) is 9.97 Å². The van der Waals surface area contributed by atoms with Crippen molar-refractivity contribution < 1.29 is 9.53 Å². The highest BCUT2D eigenvalue weighted by Crippen LogP contribution is 2.52. The largest absolute Gasteiger partial charge is 0.469 e. The van der Waals surface area contributed by atoms with E-state index in [1.807, 2.05) is 0 Å². The van der Waals surface area contributed by atoms with Crippen molar-refractivity contribution in [1.29, 1.82) is 0 Å². The van der Waals surface area contributed by atoms with Crippen molar-refractivity contribution in [2.75, 3.05) is 12.9 Å². The molecule has 4 nitrogen and oxygen atoms in total. The number of ether oxygens (including phenoxy) is 1. The summed E-state index contributed by atoms with van der Waals surface area (Å²) in [6, 6.07) is 2.14. The van der Waals surface area contributed by atoms with E-state index < -0.39 is 0 Å². The number of hydrogen-bond donors (Lipinski definition) is 0. The molecular formula is C14H16N2O2S2. The van der Waals surface area contributed by atoms with E-state index in [9.17, 15) is 4.79 Å². The van der Waals surface area contributed by atoms with Crippen LogP contribution in [0.15, 0.2) is 17.4 Å².